The smallest absolute Gasteiger partial charge is 0.191 e. The summed E-state index contributed by atoms with van der Waals surface area (Å²) in [6.07, 6.45) is 5.73. The minimum Gasteiger partial charge on any atom is -0.369 e. The van der Waals surface area contributed by atoms with Crippen molar-refractivity contribution in [2.45, 2.75) is 39.2 Å². The lowest BCUT2D eigenvalue weighted by Crippen LogP contribution is -2.44. The molecule has 4 nitrogen and oxygen atoms in total. The van der Waals surface area contributed by atoms with Gasteiger partial charge in [-0.25, -0.2) is 0 Å². The first-order valence-electron chi connectivity index (χ1n) is 9.08. The van der Waals surface area contributed by atoms with Gasteiger partial charge in [0, 0.05) is 37.9 Å². The van der Waals surface area contributed by atoms with E-state index in [1.54, 1.807) is 0 Å². The van der Waals surface area contributed by atoms with Gasteiger partial charge in [0.2, 0.25) is 0 Å². The fraction of sp³-hybridized carbons (Fsp3) is 0.632. The second-order valence-corrected chi connectivity index (χ2v) is 7.36. The molecule has 0 bridgehead atoms. The zero-order valence-electron chi connectivity index (χ0n) is 15.3. The summed E-state index contributed by atoms with van der Waals surface area (Å²) in [4.78, 5) is 7.18. The Labute approximate surface area is 151 Å². The number of rotatable bonds is 8. The van der Waals surface area contributed by atoms with E-state index >= 15 is 0 Å². The van der Waals surface area contributed by atoms with Crippen molar-refractivity contribution in [2.24, 2.45) is 4.99 Å². The van der Waals surface area contributed by atoms with E-state index in [1.807, 2.05) is 11.8 Å². The molecule has 24 heavy (non-hydrogen) atoms. The molecule has 1 aromatic rings. The summed E-state index contributed by atoms with van der Waals surface area (Å²) in [5.74, 6) is 2.20. The lowest BCUT2D eigenvalue weighted by molar-refractivity contribution is 0.647. The van der Waals surface area contributed by atoms with E-state index in [2.05, 4.69) is 59.9 Å². The van der Waals surface area contributed by atoms with Crippen molar-refractivity contribution < 1.29 is 0 Å². The maximum atomic E-state index is 4.72. The molecule has 0 saturated carbocycles. The highest BCUT2D eigenvalue weighted by molar-refractivity contribution is 7.98. The topological polar surface area (TPSA) is 39.7 Å². The molecular formula is C19H32N4S. The Morgan fingerprint density at radius 3 is 2.79 bits per heavy atom. The van der Waals surface area contributed by atoms with Gasteiger partial charge in [-0.1, -0.05) is 17.7 Å². The first-order valence-corrected chi connectivity index (χ1v) is 10.5. The molecule has 1 unspecified atom stereocenters. The van der Waals surface area contributed by atoms with E-state index in [1.165, 1.54) is 23.4 Å². The first-order chi connectivity index (χ1) is 11.7. The predicted molar refractivity (Wildman–Crippen MR) is 109 cm³/mol. The molecule has 2 rings (SSSR count). The predicted octanol–water partition coefficient (Wildman–Crippen LogP) is 3.27. The molecule has 1 fully saturated rings. The Morgan fingerprint density at radius 1 is 1.29 bits per heavy atom. The minimum atomic E-state index is 0.468. The molecule has 5 heteroatoms. The second kappa shape index (κ2) is 10.5. The fourth-order valence-electron chi connectivity index (χ4n) is 2.93. The molecule has 1 heterocycles. The molecule has 0 aliphatic carbocycles. The third-order valence-corrected chi connectivity index (χ3v) is 5.00. The lowest BCUT2D eigenvalue weighted by atomic mass is 10.2. The van der Waals surface area contributed by atoms with E-state index in [9.17, 15) is 0 Å². The molecule has 1 aliphatic heterocycles. The van der Waals surface area contributed by atoms with E-state index in [0.717, 1.165) is 45.0 Å². The molecule has 0 spiro atoms. The van der Waals surface area contributed by atoms with Gasteiger partial charge in [-0.15, -0.1) is 0 Å². The molecule has 1 atom stereocenters. The van der Waals surface area contributed by atoms with E-state index in [4.69, 9.17) is 4.99 Å². The molecule has 1 aliphatic rings. The Kier molecular flexibility index (Phi) is 8.29. The number of unbranched alkanes of at least 4 members (excludes halogenated alkanes) is 1. The molecule has 1 aromatic carbocycles. The number of aryl methyl sites for hydroxylation is 1. The number of anilines is 1. The van der Waals surface area contributed by atoms with Crippen LogP contribution in [0.1, 0.15) is 31.7 Å². The molecule has 2 N–H and O–H groups in total. The molecule has 0 radical (unpaired) electrons. The highest BCUT2D eigenvalue weighted by atomic mass is 32.2. The number of hydrogen-bond acceptors (Lipinski definition) is 3. The summed E-state index contributed by atoms with van der Waals surface area (Å²) in [7, 11) is 0. The Hall–Kier alpha value is -1.36. The van der Waals surface area contributed by atoms with Crippen molar-refractivity contribution in [3.8, 4) is 0 Å². The molecule has 0 aromatic heterocycles. The van der Waals surface area contributed by atoms with Crippen LogP contribution in [-0.2, 0) is 0 Å². The van der Waals surface area contributed by atoms with Crippen LogP contribution in [-0.4, -0.2) is 50.2 Å². The van der Waals surface area contributed by atoms with Crippen molar-refractivity contribution in [1.82, 2.24) is 10.6 Å². The molecular weight excluding hydrogens is 316 g/mol. The van der Waals surface area contributed by atoms with E-state index in [0.29, 0.717) is 6.04 Å². The quantitative estimate of drug-likeness (QED) is 0.430. The van der Waals surface area contributed by atoms with Gasteiger partial charge in [0.05, 0.1) is 0 Å². The number of thioether (sulfide) groups is 1. The van der Waals surface area contributed by atoms with Crippen molar-refractivity contribution in [2.75, 3.05) is 43.1 Å². The molecule has 1 saturated heterocycles. The van der Waals surface area contributed by atoms with Crippen molar-refractivity contribution in [1.29, 1.82) is 0 Å². The Bertz CT molecular complexity index is 501. The average molecular weight is 349 g/mol. The van der Waals surface area contributed by atoms with Crippen LogP contribution in [0.2, 0.25) is 0 Å². The standard InChI is InChI=1S/C19H32N4S/c1-4-20-19(21-12-5-6-14-24-3)22-17-11-13-23(15-17)18-9-7-16(2)8-10-18/h7-10,17H,4-6,11-15H2,1-3H3,(H2,20,21,22). The van der Waals surface area contributed by atoms with Crippen LogP contribution >= 0.6 is 11.8 Å². The highest BCUT2D eigenvalue weighted by Gasteiger charge is 2.23. The minimum absolute atomic E-state index is 0.468. The van der Waals surface area contributed by atoms with Crippen LogP contribution in [0, 0.1) is 6.92 Å². The van der Waals surface area contributed by atoms with Gasteiger partial charge in [-0.2, -0.15) is 11.8 Å². The third-order valence-electron chi connectivity index (χ3n) is 4.30. The maximum absolute atomic E-state index is 4.72. The van der Waals surface area contributed by atoms with E-state index < -0.39 is 0 Å². The van der Waals surface area contributed by atoms with Gasteiger partial charge < -0.3 is 15.5 Å². The van der Waals surface area contributed by atoms with Crippen LogP contribution in [0.25, 0.3) is 0 Å². The largest absolute Gasteiger partial charge is 0.369 e. The first kappa shape index (κ1) is 19.0. The summed E-state index contributed by atoms with van der Waals surface area (Å²) in [5.41, 5.74) is 2.64. The summed E-state index contributed by atoms with van der Waals surface area (Å²) in [6.45, 7) is 8.22. The summed E-state index contributed by atoms with van der Waals surface area (Å²) in [5, 5.41) is 6.99. The number of nitrogens with zero attached hydrogens (tertiary/aromatic N) is 2. The average Bonchev–Trinajstić information content (AvgIpc) is 3.04. The zero-order valence-corrected chi connectivity index (χ0v) is 16.2. The SMILES string of the molecule is CCNC(=NCCCCSC)NC1CCN(c2ccc(C)cc2)C1. The lowest BCUT2D eigenvalue weighted by Gasteiger charge is -2.20. The van der Waals surface area contributed by atoms with Gasteiger partial charge in [-0.3, -0.25) is 4.99 Å². The highest BCUT2D eigenvalue weighted by Crippen LogP contribution is 2.20. The van der Waals surface area contributed by atoms with E-state index in [-0.39, 0.29) is 0 Å². The van der Waals surface area contributed by atoms with Gasteiger partial charge in [0.1, 0.15) is 0 Å². The van der Waals surface area contributed by atoms with Crippen molar-refractivity contribution in [3.63, 3.8) is 0 Å². The number of nitrogens with one attached hydrogen (secondary N) is 2. The van der Waals surface area contributed by atoms with Gasteiger partial charge in [0.15, 0.2) is 5.96 Å². The fourth-order valence-corrected chi connectivity index (χ4v) is 3.42. The Morgan fingerprint density at radius 2 is 2.08 bits per heavy atom. The van der Waals surface area contributed by atoms with Crippen LogP contribution in [0.5, 0.6) is 0 Å². The van der Waals surface area contributed by atoms with Gasteiger partial charge in [0.25, 0.3) is 0 Å². The van der Waals surface area contributed by atoms with Crippen LogP contribution in [0.15, 0.2) is 29.3 Å². The van der Waals surface area contributed by atoms with Crippen LogP contribution in [0.3, 0.4) is 0 Å². The number of aliphatic imine (C=N–C) groups is 1. The van der Waals surface area contributed by atoms with Crippen LogP contribution < -0.4 is 15.5 Å². The molecule has 134 valence electrons. The monoisotopic (exact) mass is 348 g/mol. The summed E-state index contributed by atoms with van der Waals surface area (Å²) < 4.78 is 0. The maximum Gasteiger partial charge on any atom is 0.191 e. The third kappa shape index (κ3) is 6.27. The second-order valence-electron chi connectivity index (χ2n) is 6.37. The summed E-state index contributed by atoms with van der Waals surface area (Å²) >= 11 is 1.91. The Balaban J connectivity index is 1.82. The van der Waals surface area contributed by atoms with Gasteiger partial charge in [-0.05, 0) is 57.3 Å². The number of guanidine groups is 1. The number of benzene rings is 1. The van der Waals surface area contributed by atoms with Gasteiger partial charge >= 0.3 is 0 Å². The molecule has 0 amide bonds. The van der Waals surface area contributed by atoms with Crippen molar-refractivity contribution in [3.05, 3.63) is 29.8 Å². The normalized spacial score (nSPS) is 18.0. The van der Waals surface area contributed by atoms with Crippen molar-refractivity contribution >= 4 is 23.4 Å². The summed E-state index contributed by atoms with van der Waals surface area (Å²) in [6, 6.07) is 9.30. The van der Waals surface area contributed by atoms with Crippen LogP contribution in [0.4, 0.5) is 5.69 Å². The zero-order chi connectivity index (χ0) is 17.2. The number of hydrogen-bond donors (Lipinski definition) is 2.